The number of fused-ring (bicyclic) bond motifs is 1. The second-order valence-corrected chi connectivity index (χ2v) is 5.65. The number of hydrogen-bond donors (Lipinski definition) is 0. The minimum absolute atomic E-state index is 0.510. The third-order valence-corrected chi connectivity index (χ3v) is 4.22. The largest absolute Gasteiger partial charge is 0.260 e. The number of halogens is 1. The zero-order chi connectivity index (χ0) is 12.4. The average molecular weight is 295 g/mol. The second kappa shape index (κ2) is 5.17. The fourth-order valence-electron chi connectivity index (χ4n) is 1.42. The van der Waals surface area contributed by atoms with Crippen LogP contribution in [0, 0.1) is 0 Å². The van der Waals surface area contributed by atoms with Crippen molar-refractivity contribution >= 4 is 44.9 Å². The third-order valence-electron chi connectivity index (χ3n) is 2.21. The van der Waals surface area contributed by atoms with Crippen molar-refractivity contribution in [3.8, 4) is 0 Å². The van der Waals surface area contributed by atoms with Crippen molar-refractivity contribution in [1.82, 2.24) is 19.9 Å². The van der Waals surface area contributed by atoms with E-state index in [9.17, 15) is 0 Å². The molecule has 0 radical (unpaired) electrons. The Morgan fingerprint density at radius 2 is 2.22 bits per heavy atom. The molecule has 0 bridgehead atoms. The van der Waals surface area contributed by atoms with E-state index in [-0.39, 0.29) is 0 Å². The van der Waals surface area contributed by atoms with Gasteiger partial charge in [0.25, 0.3) is 0 Å². The number of aromatic nitrogens is 4. The lowest BCUT2D eigenvalue weighted by atomic mass is 10.4. The molecular formula is C11H7ClN4S2. The molecule has 0 saturated carbocycles. The van der Waals surface area contributed by atoms with Gasteiger partial charge in [-0.05, 0) is 11.4 Å². The van der Waals surface area contributed by atoms with Gasteiger partial charge in [-0.25, -0.2) is 15.0 Å². The number of nitrogens with zero attached hydrogens (tertiary/aromatic N) is 4. The Bertz CT molecular complexity index is 671. The van der Waals surface area contributed by atoms with Crippen molar-refractivity contribution in [2.45, 2.75) is 10.8 Å². The van der Waals surface area contributed by atoms with Gasteiger partial charge < -0.3 is 0 Å². The molecule has 90 valence electrons. The minimum atomic E-state index is 0.510. The summed E-state index contributed by atoms with van der Waals surface area (Å²) >= 11 is 9.21. The number of hydrogen-bond acceptors (Lipinski definition) is 6. The highest BCUT2D eigenvalue weighted by molar-refractivity contribution is 7.98. The minimum Gasteiger partial charge on any atom is -0.260 e. The van der Waals surface area contributed by atoms with E-state index in [0.717, 1.165) is 15.2 Å². The lowest BCUT2D eigenvalue weighted by molar-refractivity contribution is 1.04. The van der Waals surface area contributed by atoms with E-state index in [0.29, 0.717) is 16.7 Å². The first-order valence-electron chi connectivity index (χ1n) is 5.11. The molecule has 3 heterocycles. The van der Waals surface area contributed by atoms with Crippen LogP contribution in [0.25, 0.3) is 10.2 Å². The van der Waals surface area contributed by atoms with Gasteiger partial charge in [0.2, 0.25) is 0 Å². The van der Waals surface area contributed by atoms with Crippen LogP contribution in [-0.4, -0.2) is 19.9 Å². The van der Waals surface area contributed by atoms with E-state index >= 15 is 0 Å². The molecule has 3 rings (SSSR count). The van der Waals surface area contributed by atoms with E-state index in [1.54, 1.807) is 41.7 Å². The molecule has 0 aromatic carbocycles. The smallest absolute Gasteiger partial charge is 0.142 e. The Balaban J connectivity index is 1.82. The van der Waals surface area contributed by atoms with Crippen molar-refractivity contribution in [1.29, 1.82) is 0 Å². The summed E-state index contributed by atoms with van der Waals surface area (Å²) in [5.41, 5.74) is 0. The van der Waals surface area contributed by atoms with Crippen LogP contribution in [0.3, 0.4) is 0 Å². The zero-order valence-corrected chi connectivity index (χ0v) is 11.5. The average Bonchev–Trinajstić information content (AvgIpc) is 2.86. The highest BCUT2D eigenvalue weighted by Gasteiger charge is 2.07. The maximum atomic E-state index is 6.10. The van der Waals surface area contributed by atoms with Gasteiger partial charge in [0, 0.05) is 17.8 Å². The summed E-state index contributed by atoms with van der Waals surface area (Å²) in [5, 5.41) is 4.24. The van der Waals surface area contributed by atoms with Gasteiger partial charge in [-0.1, -0.05) is 23.4 Å². The van der Waals surface area contributed by atoms with Gasteiger partial charge in [0.05, 0.1) is 11.9 Å². The van der Waals surface area contributed by atoms with Gasteiger partial charge in [0.15, 0.2) is 0 Å². The molecule has 4 nitrogen and oxygen atoms in total. The molecule has 0 saturated heterocycles. The molecule has 0 spiro atoms. The number of thiophene rings is 1. The summed E-state index contributed by atoms with van der Waals surface area (Å²) in [7, 11) is 0. The van der Waals surface area contributed by atoms with E-state index in [2.05, 4.69) is 19.9 Å². The lowest BCUT2D eigenvalue weighted by Gasteiger charge is -2.01. The normalized spacial score (nSPS) is 10.9. The van der Waals surface area contributed by atoms with Crippen LogP contribution in [0.4, 0.5) is 0 Å². The third kappa shape index (κ3) is 2.45. The van der Waals surface area contributed by atoms with E-state index in [4.69, 9.17) is 11.6 Å². The predicted octanol–water partition coefficient (Wildman–Crippen LogP) is 3.43. The van der Waals surface area contributed by atoms with Crippen LogP contribution < -0.4 is 0 Å². The van der Waals surface area contributed by atoms with Gasteiger partial charge in [0.1, 0.15) is 20.8 Å². The Hall–Kier alpha value is -1.24. The van der Waals surface area contributed by atoms with E-state index < -0.39 is 0 Å². The van der Waals surface area contributed by atoms with Crippen molar-refractivity contribution in [3.05, 3.63) is 41.0 Å². The van der Waals surface area contributed by atoms with Crippen LogP contribution in [0.15, 0.2) is 35.1 Å². The fourth-order valence-corrected chi connectivity index (χ4v) is 3.19. The predicted molar refractivity (Wildman–Crippen MR) is 74.0 cm³/mol. The molecule has 0 aliphatic carbocycles. The molecule has 0 unspecified atom stereocenters. The maximum Gasteiger partial charge on any atom is 0.142 e. The van der Waals surface area contributed by atoms with Crippen molar-refractivity contribution < 1.29 is 0 Å². The summed E-state index contributed by atoms with van der Waals surface area (Å²) in [6.07, 6.45) is 5.03. The first-order chi connectivity index (χ1) is 8.83. The summed E-state index contributed by atoms with van der Waals surface area (Å²) in [4.78, 5) is 17.9. The molecule has 0 amide bonds. The summed E-state index contributed by atoms with van der Waals surface area (Å²) in [6.45, 7) is 0. The molecule has 0 N–H and O–H groups in total. The molecule has 3 aromatic rings. The molecule has 0 atom stereocenters. The lowest BCUT2D eigenvalue weighted by Crippen LogP contribution is -1.93. The van der Waals surface area contributed by atoms with Crippen molar-refractivity contribution in [2.75, 3.05) is 0 Å². The Kier molecular flexibility index (Phi) is 3.40. The molecule has 0 aliphatic rings. The van der Waals surface area contributed by atoms with Gasteiger partial charge in [-0.3, -0.25) is 4.98 Å². The first-order valence-corrected chi connectivity index (χ1v) is 7.36. The van der Waals surface area contributed by atoms with E-state index in [1.807, 2.05) is 11.4 Å². The highest BCUT2D eigenvalue weighted by atomic mass is 35.5. The highest BCUT2D eigenvalue weighted by Crippen LogP contribution is 2.26. The summed E-state index contributed by atoms with van der Waals surface area (Å²) in [5.74, 6) is 1.34. The second-order valence-electron chi connectivity index (χ2n) is 3.40. The van der Waals surface area contributed by atoms with Crippen molar-refractivity contribution in [2.24, 2.45) is 0 Å². The summed E-state index contributed by atoms with van der Waals surface area (Å²) in [6, 6.07) is 1.93. The van der Waals surface area contributed by atoms with E-state index in [1.165, 1.54) is 0 Å². The monoisotopic (exact) mass is 294 g/mol. The number of rotatable bonds is 3. The van der Waals surface area contributed by atoms with Crippen molar-refractivity contribution in [3.63, 3.8) is 0 Å². The van der Waals surface area contributed by atoms with Gasteiger partial charge in [-0.2, -0.15) is 0 Å². The Morgan fingerprint density at radius 3 is 3.06 bits per heavy atom. The Labute approximate surface area is 116 Å². The SMILES string of the molecule is Clc1nc(CSc2cnccn2)nc2sccc12. The zero-order valence-electron chi connectivity index (χ0n) is 9.08. The molecule has 7 heteroatoms. The fraction of sp³-hybridized carbons (Fsp3) is 0.0909. The van der Waals surface area contributed by atoms with Gasteiger partial charge in [-0.15, -0.1) is 11.3 Å². The van der Waals surface area contributed by atoms with Crippen LogP contribution in [0.1, 0.15) is 5.82 Å². The quantitative estimate of drug-likeness (QED) is 0.547. The maximum absolute atomic E-state index is 6.10. The van der Waals surface area contributed by atoms with Crippen LogP contribution in [-0.2, 0) is 5.75 Å². The Morgan fingerprint density at radius 1 is 1.28 bits per heavy atom. The first kappa shape index (κ1) is 11.8. The topological polar surface area (TPSA) is 51.6 Å². The van der Waals surface area contributed by atoms with Crippen LogP contribution >= 0.6 is 34.7 Å². The summed E-state index contributed by atoms with van der Waals surface area (Å²) < 4.78 is 0. The molecule has 18 heavy (non-hydrogen) atoms. The molecule has 0 fully saturated rings. The standard InChI is InChI=1S/C11H7ClN4S2/c12-10-7-1-4-17-11(7)16-8(15-10)6-18-9-5-13-2-3-14-9/h1-5H,6H2. The van der Waals surface area contributed by atoms with Crippen LogP contribution in [0.5, 0.6) is 0 Å². The van der Waals surface area contributed by atoms with Gasteiger partial charge >= 0.3 is 0 Å². The molecule has 0 aliphatic heterocycles. The molecule has 3 aromatic heterocycles. The van der Waals surface area contributed by atoms with Crippen LogP contribution in [0.2, 0.25) is 5.15 Å². The molecular weight excluding hydrogens is 288 g/mol. The number of thioether (sulfide) groups is 1.